The maximum absolute atomic E-state index is 12.3. The molecule has 6 heteroatoms. The van der Waals surface area contributed by atoms with E-state index in [0.29, 0.717) is 17.3 Å². The van der Waals surface area contributed by atoms with Gasteiger partial charge in [-0.2, -0.15) is 0 Å². The molecule has 0 radical (unpaired) electrons. The van der Waals surface area contributed by atoms with Gasteiger partial charge in [-0.05, 0) is 31.5 Å². The Bertz CT molecular complexity index is 1050. The average molecular weight is 394 g/mol. The zero-order valence-corrected chi connectivity index (χ0v) is 16.5. The van der Waals surface area contributed by atoms with E-state index in [1.807, 2.05) is 62.4 Å². The minimum absolute atomic E-state index is 0.0655. The van der Waals surface area contributed by atoms with Crippen LogP contribution in [0.5, 0.6) is 0 Å². The van der Waals surface area contributed by atoms with Crippen LogP contribution in [0.25, 0.3) is 11.1 Å². The van der Waals surface area contributed by atoms with E-state index < -0.39 is 6.04 Å². The molecule has 4 rings (SSSR count). The summed E-state index contributed by atoms with van der Waals surface area (Å²) in [4.78, 5) is 17.3. The number of aliphatic imine (C=N–C) groups is 1. The molecule has 1 amide bonds. The van der Waals surface area contributed by atoms with E-state index in [1.54, 1.807) is 0 Å². The van der Waals surface area contributed by atoms with Gasteiger partial charge in [0.1, 0.15) is 17.5 Å². The molecule has 0 aliphatic carbocycles. The molecule has 0 saturated heterocycles. The fourth-order valence-corrected chi connectivity index (χ4v) is 3.69. The molecule has 0 spiro atoms. The second kappa shape index (κ2) is 7.60. The lowest BCUT2D eigenvalue weighted by molar-refractivity contribution is -0.121. The summed E-state index contributed by atoms with van der Waals surface area (Å²) < 4.78 is 5.49. The van der Waals surface area contributed by atoms with Crippen LogP contribution in [-0.2, 0) is 4.79 Å². The summed E-state index contributed by atoms with van der Waals surface area (Å²) in [6, 6.07) is 15.2. The summed E-state index contributed by atoms with van der Waals surface area (Å²) in [7, 11) is 0. The number of carbonyl (C=O) groups is 1. The van der Waals surface area contributed by atoms with Crippen molar-refractivity contribution in [3.05, 3.63) is 76.1 Å². The van der Waals surface area contributed by atoms with E-state index in [-0.39, 0.29) is 12.3 Å². The minimum atomic E-state index is -0.433. The fourth-order valence-electron chi connectivity index (χ4n) is 3.56. The molecule has 142 valence electrons. The Labute approximate surface area is 168 Å². The van der Waals surface area contributed by atoms with Gasteiger partial charge in [0.2, 0.25) is 5.91 Å². The van der Waals surface area contributed by atoms with Gasteiger partial charge in [-0.1, -0.05) is 53.2 Å². The van der Waals surface area contributed by atoms with Crippen LogP contribution in [0.2, 0.25) is 5.02 Å². The molecule has 0 bridgehead atoms. The summed E-state index contributed by atoms with van der Waals surface area (Å²) >= 11 is 6.08. The van der Waals surface area contributed by atoms with E-state index in [9.17, 15) is 4.79 Å². The molecule has 1 aliphatic rings. The molecule has 0 fully saturated rings. The van der Waals surface area contributed by atoms with Crippen molar-refractivity contribution in [3.63, 3.8) is 0 Å². The molecule has 3 aromatic rings. The van der Waals surface area contributed by atoms with E-state index in [0.717, 1.165) is 33.7 Å². The van der Waals surface area contributed by atoms with Crippen LogP contribution in [0.15, 0.2) is 58.0 Å². The highest BCUT2D eigenvalue weighted by Gasteiger charge is 2.30. The number of fused-ring (bicyclic) bond motifs is 3. The van der Waals surface area contributed by atoms with Crippen LogP contribution in [-0.4, -0.2) is 23.3 Å². The largest absolute Gasteiger partial charge is 0.361 e. The highest BCUT2D eigenvalue weighted by atomic mass is 35.5. The first kappa shape index (κ1) is 18.4. The zero-order valence-electron chi connectivity index (χ0n) is 15.7. The van der Waals surface area contributed by atoms with Crippen molar-refractivity contribution in [2.45, 2.75) is 26.3 Å². The maximum atomic E-state index is 12.3. The second-order valence-electron chi connectivity index (χ2n) is 6.70. The highest BCUT2D eigenvalue weighted by molar-refractivity contribution is 6.30. The van der Waals surface area contributed by atoms with Crippen molar-refractivity contribution in [1.29, 1.82) is 0 Å². The van der Waals surface area contributed by atoms with Gasteiger partial charge in [-0.3, -0.25) is 9.79 Å². The van der Waals surface area contributed by atoms with Crippen LogP contribution in [0.1, 0.15) is 42.0 Å². The molecule has 1 N–H and O–H groups in total. The first-order valence-electron chi connectivity index (χ1n) is 9.25. The second-order valence-corrected chi connectivity index (χ2v) is 7.14. The number of carbonyl (C=O) groups excluding carboxylic acids is 1. The average Bonchev–Trinajstić information content (AvgIpc) is 3.01. The first-order valence-corrected chi connectivity index (χ1v) is 9.62. The Balaban J connectivity index is 1.92. The monoisotopic (exact) mass is 393 g/mol. The van der Waals surface area contributed by atoms with Crippen molar-refractivity contribution in [3.8, 4) is 11.1 Å². The molecule has 2 heterocycles. The number of nitrogens with zero attached hydrogens (tertiary/aromatic N) is 2. The quantitative estimate of drug-likeness (QED) is 0.697. The van der Waals surface area contributed by atoms with Crippen LogP contribution < -0.4 is 5.32 Å². The standard InChI is InChI=1S/C22H20ClN3O2/c1-3-24-19(27)12-18-22-20(13(2)28-26-22)16-6-4-5-7-17(16)21(25-18)14-8-10-15(23)11-9-14/h4-11,18H,3,12H2,1-2H3,(H,24,27)/t18-/m1/s1. The maximum Gasteiger partial charge on any atom is 0.222 e. The number of nitrogens with one attached hydrogen (secondary N) is 1. The third-order valence-corrected chi connectivity index (χ3v) is 5.06. The first-order chi connectivity index (χ1) is 13.6. The Morgan fingerprint density at radius 2 is 1.86 bits per heavy atom. The Morgan fingerprint density at radius 3 is 2.57 bits per heavy atom. The van der Waals surface area contributed by atoms with Gasteiger partial charge in [-0.25, -0.2) is 0 Å². The number of amides is 1. The van der Waals surface area contributed by atoms with Crippen molar-refractivity contribution < 1.29 is 9.32 Å². The van der Waals surface area contributed by atoms with E-state index in [1.165, 1.54) is 0 Å². The van der Waals surface area contributed by atoms with Gasteiger partial charge in [0.15, 0.2) is 0 Å². The Kier molecular flexibility index (Phi) is 5.01. The summed E-state index contributed by atoms with van der Waals surface area (Å²) in [5, 5.41) is 7.78. The number of halogens is 1. The summed E-state index contributed by atoms with van der Waals surface area (Å²) in [6.07, 6.45) is 0.206. The highest BCUT2D eigenvalue weighted by Crippen LogP contribution is 2.40. The van der Waals surface area contributed by atoms with Gasteiger partial charge in [0.25, 0.3) is 0 Å². The number of aryl methyl sites for hydroxylation is 1. The van der Waals surface area contributed by atoms with Crippen molar-refractivity contribution in [1.82, 2.24) is 10.5 Å². The number of benzene rings is 2. The van der Waals surface area contributed by atoms with Crippen molar-refractivity contribution in [2.24, 2.45) is 4.99 Å². The number of hydrogen-bond acceptors (Lipinski definition) is 4. The lowest BCUT2D eigenvalue weighted by Gasteiger charge is -2.12. The fraction of sp³-hybridized carbons (Fsp3) is 0.227. The van der Waals surface area contributed by atoms with Crippen LogP contribution in [0, 0.1) is 6.92 Å². The summed E-state index contributed by atoms with van der Waals surface area (Å²) in [5.41, 5.74) is 5.35. The third-order valence-electron chi connectivity index (χ3n) is 4.81. The number of hydrogen-bond donors (Lipinski definition) is 1. The van der Waals surface area contributed by atoms with Gasteiger partial charge in [0, 0.05) is 22.7 Å². The van der Waals surface area contributed by atoms with Gasteiger partial charge in [-0.15, -0.1) is 0 Å². The Hall–Kier alpha value is -2.92. The number of aromatic nitrogens is 1. The number of rotatable bonds is 4. The van der Waals surface area contributed by atoms with Gasteiger partial charge in [0.05, 0.1) is 17.7 Å². The molecule has 1 aliphatic heterocycles. The third kappa shape index (κ3) is 3.34. The zero-order chi connectivity index (χ0) is 19.7. The van der Waals surface area contributed by atoms with E-state index in [4.69, 9.17) is 21.1 Å². The topological polar surface area (TPSA) is 67.5 Å². The summed E-state index contributed by atoms with van der Waals surface area (Å²) in [6.45, 7) is 4.36. The lowest BCUT2D eigenvalue weighted by Crippen LogP contribution is -2.24. The molecule has 2 aromatic carbocycles. The van der Waals surface area contributed by atoms with Gasteiger partial charge >= 0.3 is 0 Å². The predicted octanol–water partition coefficient (Wildman–Crippen LogP) is 4.72. The molecule has 28 heavy (non-hydrogen) atoms. The normalized spacial score (nSPS) is 15.2. The minimum Gasteiger partial charge on any atom is -0.361 e. The molecule has 5 nitrogen and oxygen atoms in total. The van der Waals surface area contributed by atoms with E-state index >= 15 is 0 Å². The molecule has 0 unspecified atom stereocenters. The molecule has 1 aromatic heterocycles. The van der Waals surface area contributed by atoms with E-state index in [2.05, 4.69) is 10.5 Å². The summed E-state index contributed by atoms with van der Waals surface area (Å²) in [5.74, 6) is 0.653. The van der Waals surface area contributed by atoms with Crippen LogP contribution in [0.4, 0.5) is 0 Å². The van der Waals surface area contributed by atoms with Crippen LogP contribution >= 0.6 is 11.6 Å². The van der Waals surface area contributed by atoms with Crippen LogP contribution in [0.3, 0.4) is 0 Å². The van der Waals surface area contributed by atoms with Crippen molar-refractivity contribution >= 4 is 23.2 Å². The van der Waals surface area contributed by atoms with Crippen molar-refractivity contribution in [2.75, 3.05) is 6.54 Å². The molecular weight excluding hydrogens is 374 g/mol. The SMILES string of the molecule is CCNC(=O)C[C@H]1N=C(c2ccc(Cl)cc2)c2ccccc2-c2c1noc2C. The lowest BCUT2D eigenvalue weighted by atomic mass is 9.93. The molecule has 0 saturated carbocycles. The molecular formula is C22H20ClN3O2. The Morgan fingerprint density at radius 1 is 1.14 bits per heavy atom. The smallest absolute Gasteiger partial charge is 0.222 e. The van der Waals surface area contributed by atoms with Gasteiger partial charge < -0.3 is 9.84 Å². The molecule has 1 atom stereocenters. The predicted molar refractivity (Wildman–Crippen MR) is 110 cm³/mol.